The van der Waals surface area contributed by atoms with Crippen molar-refractivity contribution in [2.24, 2.45) is 5.73 Å². The molecule has 0 atom stereocenters. The molecule has 0 radical (unpaired) electrons. The molecule has 3 N–H and O–H groups in total. The molecule has 0 aliphatic heterocycles. The van der Waals surface area contributed by atoms with E-state index < -0.39 is 17.8 Å². The number of nitrogens with two attached hydrogens (primary N) is 1. The highest BCUT2D eigenvalue weighted by molar-refractivity contribution is 7.99. The fourth-order valence-electron chi connectivity index (χ4n) is 3.02. The number of ether oxygens (including phenoxy) is 1. The Bertz CT molecular complexity index is 890. The van der Waals surface area contributed by atoms with Crippen LogP contribution in [-0.4, -0.2) is 30.1 Å². The maximum atomic E-state index is 12.1. The zero-order chi connectivity index (χ0) is 20.1. The van der Waals surface area contributed by atoms with Gasteiger partial charge in [-0.3, -0.25) is 14.4 Å². The Morgan fingerprint density at radius 3 is 2.68 bits per heavy atom. The summed E-state index contributed by atoms with van der Waals surface area (Å²) in [6.07, 6.45) is 2.90. The van der Waals surface area contributed by atoms with Gasteiger partial charge in [-0.05, 0) is 43.9 Å². The summed E-state index contributed by atoms with van der Waals surface area (Å²) in [4.78, 5) is 37.9. The van der Waals surface area contributed by atoms with Crippen LogP contribution in [0.2, 0.25) is 0 Å². The third kappa shape index (κ3) is 5.14. The number of hydrogen-bond acceptors (Lipinski definition) is 6. The highest BCUT2D eigenvalue weighted by atomic mass is 32.2. The van der Waals surface area contributed by atoms with Crippen LogP contribution in [0.15, 0.2) is 29.2 Å². The molecule has 1 heterocycles. The molecule has 6 nitrogen and oxygen atoms in total. The van der Waals surface area contributed by atoms with E-state index in [1.165, 1.54) is 16.9 Å². The van der Waals surface area contributed by atoms with Gasteiger partial charge < -0.3 is 15.8 Å². The Morgan fingerprint density at radius 2 is 1.96 bits per heavy atom. The lowest BCUT2D eigenvalue weighted by Gasteiger charge is -2.07. The molecular formula is C20H22N2O4S2. The summed E-state index contributed by atoms with van der Waals surface area (Å²) < 4.78 is 5.03. The Morgan fingerprint density at radius 1 is 1.21 bits per heavy atom. The van der Waals surface area contributed by atoms with Gasteiger partial charge in [0.25, 0.3) is 11.8 Å². The molecule has 148 valence electrons. The number of carbonyl (C=O) groups is 3. The summed E-state index contributed by atoms with van der Waals surface area (Å²) in [6.45, 7) is 1.64. The summed E-state index contributed by atoms with van der Waals surface area (Å²) >= 11 is 2.94. The Balaban J connectivity index is 1.43. The summed E-state index contributed by atoms with van der Waals surface area (Å²) in [5.41, 5.74) is 7.99. The van der Waals surface area contributed by atoms with Gasteiger partial charge in [-0.1, -0.05) is 17.7 Å². The van der Waals surface area contributed by atoms with E-state index in [1.807, 2.05) is 31.2 Å². The molecule has 0 spiro atoms. The van der Waals surface area contributed by atoms with E-state index in [0.717, 1.165) is 34.6 Å². The molecule has 2 aromatic rings. The monoisotopic (exact) mass is 418 g/mol. The predicted molar refractivity (Wildman–Crippen MR) is 111 cm³/mol. The molecule has 2 amide bonds. The zero-order valence-corrected chi connectivity index (χ0v) is 17.2. The van der Waals surface area contributed by atoms with Gasteiger partial charge in [0.05, 0.1) is 12.0 Å². The van der Waals surface area contributed by atoms with Crippen molar-refractivity contribution < 1.29 is 19.1 Å². The van der Waals surface area contributed by atoms with Crippen molar-refractivity contribution in [1.82, 2.24) is 0 Å². The van der Waals surface area contributed by atoms with Gasteiger partial charge in [-0.15, -0.1) is 23.1 Å². The molecule has 1 aliphatic rings. The van der Waals surface area contributed by atoms with Crippen LogP contribution in [0.3, 0.4) is 0 Å². The predicted octanol–water partition coefficient (Wildman–Crippen LogP) is 3.31. The van der Waals surface area contributed by atoms with Crippen molar-refractivity contribution in [2.45, 2.75) is 37.5 Å². The highest BCUT2D eigenvalue weighted by Gasteiger charge is 2.26. The van der Waals surface area contributed by atoms with Gasteiger partial charge in [-0.25, -0.2) is 0 Å². The first-order valence-corrected chi connectivity index (χ1v) is 10.8. The molecule has 1 aromatic heterocycles. The first kappa shape index (κ1) is 20.4. The standard InChI is InChI=1S/C20H22N2O4S2/c1-12-5-7-13(8-6-12)27-10-9-17(24)26-11-16(23)22-20-18(19(21)25)14-3-2-4-15(14)28-20/h5-8H,2-4,9-11H2,1H3,(H2,21,25)(H,22,23). The third-order valence-electron chi connectivity index (χ3n) is 4.38. The Labute approximate surface area is 171 Å². The number of fused-ring (bicyclic) bond motifs is 1. The molecular weight excluding hydrogens is 396 g/mol. The van der Waals surface area contributed by atoms with Crippen LogP contribution < -0.4 is 11.1 Å². The maximum absolute atomic E-state index is 12.1. The minimum atomic E-state index is -0.542. The van der Waals surface area contributed by atoms with Gasteiger partial charge in [0.15, 0.2) is 6.61 Å². The number of primary amides is 1. The van der Waals surface area contributed by atoms with E-state index in [-0.39, 0.29) is 13.0 Å². The van der Waals surface area contributed by atoms with Crippen LogP contribution in [0.5, 0.6) is 0 Å². The van der Waals surface area contributed by atoms with E-state index >= 15 is 0 Å². The fraction of sp³-hybridized carbons (Fsp3) is 0.350. The topological polar surface area (TPSA) is 98.5 Å². The van der Waals surface area contributed by atoms with Crippen LogP contribution in [0, 0.1) is 6.92 Å². The second kappa shape index (κ2) is 9.25. The van der Waals surface area contributed by atoms with Gasteiger partial charge in [0, 0.05) is 15.5 Å². The first-order valence-electron chi connectivity index (χ1n) is 9.03. The van der Waals surface area contributed by atoms with E-state index in [4.69, 9.17) is 10.5 Å². The highest BCUT2D eigenvalue weighted by Crippen LogP contribution is 2.38. The van der Waals surface area contributed by atoms with Crippen molar-refractivity contribution in [1.29, 1.82) is 0 Å². The minimum absolute atomic E-state index is 0.214. The normalized spacial score (nSPS) is 12.5. The van der Waals surface area contributed by atoms with Crippen molar-refractivity contribution in [3.8, 4) is 0 Å². The summed E-state index contributed by atoms with van der Waals surface area (Å²) in [7, 11) is 0. The summed E-state index contributed by atoms with van der Waals surface area (Å²) in [6, 6.07) is 8.05. The number of rotatable bonds is 8. The lowest BCUT2D eigenvalue weighted by molar-refractivity contribution is -0.146. The number of carbonyl (C=O) groups excluding carboxylic acids is 3. The number of esters is 1. The molecule has 1 aliphatic carbocycles. The van der Waals surface area contributed by atoms with Gasteiger partial charge in [0.1, 0.15) is 5.00 Å². The molecule has 28 heavy (non-hydrogen) atoms. The molecule has 8 heteroatoms. The second-order valence-electron chi connectivity index (χ2n) is 6.55. The van der Waals surface area contributed by atoms with Crippen LogP contribution >= 0.6 is 23.1 Å². The maximum Gasteiger partial charge on any atom is 0.307 e. The first-order chi connectivity index (χ1) is 13.4. The molecule has 0 saturated heterocycles. The van der Waals surface area contributed by atoms with Crippen LogP contribution in [0.25, 0.3) is 0 Å². The molecule has 0 unspecified atom stereocenters. The third-order valence-corrected chi connectivity index (χ3v) is 6.60. The van der Waals surface area contributed by atoms with E-state index in [0.29, 0.717) is 16.3 Å². The number of amides is 2. The molecule has 3 rings (SSSR count). The quantitative estimate of drug-likeness (QED) is 0.506. The number of nitrogens with one attached hydrogen (secondary N) is 1. The van der Waals surface area contributed by atoms with E-state index in [9.17, 15) is 14.4 Å². The van der Waals surface area contributed by atoms with E-state index in [1.54, 1.807) is 11.8 Å². The van der Waals surface area contributed by atoms with Gasteiger partial charge in [-0.2, -0.15) is 0 Å². The minimum Gasteiger partial charge on any atom is -0.456 e. The van der Waals surface area contributed by atoms with Crippen LogP contribution in [0.1, 0.15) is 39.2 Å². The Hall–Kier alpha value is -2.32. The van der Waals surface area contributed by atoms with Crippen molar-refractivity contribution in [3.63, 3.8) is 0 Å². The number of benzene rings is 1. The van der Waals surface area contributed by atoms with Crippen LogP contribution in [-0.2, 0) is 27.2 Å². The number of hydrogen-bond donors (Lipinski definition) is 2. The summed E-state index contributed by atoms with van der Waals surface area (Å²) in [5, 5.41) is 3.11. The SMILES string of the molecule is Cc1ccc(SCCC(=O)OCC(=O)Nc2sc3c(c2C(N)=O)CCC3)cc1. The smallest absolute Gasteiger partial charge is 0.307 e. The average molecular weight is 419 g/mol. The van der Waals surface area contributed by atoms with Crippen molar-refractivity contribution >= 4 is 45.9 Å². The van der Waals surface area contributed by atoms with Crippen molar-refractivity contribution in [2.75, 3.05) is 17.7 Å². The van der Waals surface area contributed by atoms with E-state index in [2.05, 4.69) is 5.32 Å². The number of anilines is 1. The molecule has 0 fully saturated rings. The second-order valence-corrected chi connectivity index (χ2v) is 8.82. The lowest BCUT2D eigenvalue weighted by Crippen LogP contribution is -2.22. The fourth-order valence-corrected chi connectivity index (χ4v) is 5.16. The molecule has 0 bridgehead atoms. The molecule has 0 saturated carbocycles. The van der Waals surface area contributed by atoms with Gasteiger partial charge in [0.2, 0.25) is 0 Å². The largest absolute Gasteiger partial charge is 0.456 e. The number of thioether (sulfide) groups is 1. The molecule has 1 aromatic carbocycles. The van der Waals surface area contributed by atoms with Crippen LogP contribution in [0.4, 0.5) is 5.00 Å². The zero-order valence-electron chi connectivity index (χ0n) is 15.6. The Kier molecular flexibility index (Phi) is 6.74. The number of thiophene rings is 1. The summed E-state index contributed by atoms with van der Waals surface area (Å²) in [5.74, 6) is -0.868. The average Bonchev–Trinajstić information content (AvgIpc) is 3.22. The van der Waals surface area contributed by atoms with Crippen molar-refractivity contribution in [3.05, 3.63) is 45.8 Å². The lowest BCUT2D eigenvalue weighted by atomic mass is 10.1. The number of aryl methyl sites for hydroxylation is 2. The van der Waals surface area contributed by atoms with Gasteiger partial charge >= 0.3 is 5.97 Å².